The number of nitrogens with one attached hydrogen (secondary N) is 1. The number of piperidine rings is 1. The highest BCUT2D eigenvalue weighted by Gasteiger charge is 2.20. The Morgan fingerprint density at radius 2 is 1.88 bits per heavy atom. The molecule has 1 aromatic heterocycles. The molecular weight excluding hydrogens is 350 g/mol. The van der Waals surface area contributed by atoms with Gasteiger partial charge in [0.2, 0.25) is 16.0 Å². The van der Waals surface area contributed by atoms with Gasteiger partial charge in [0.15, 0.2) is 0 Å². The van der Waals surface area contributed by atoms with Crippen LogP contribution in [-0.4, -0.2) is 31.5 Å². The molecule has 0 bridgehead atoms. The summed E-state index contributed by atoms with van der Waals surface area (Å²) in [6, 6.07) is 3.92. The van der Waals surface area contributed by atoms with Crippen LogP contribution in [0.3, 0.4) is 0 Å². The van der Waals surface area contributed by atoms with Crippen molar-refractivity contribution in [2.45, 2.75) is 30.7 Å². The van der Waals surface area contributed by atoms with E-state index in [9.17, 15) is 17.2 Å². The number of nitrogens with zero attached hydrogens (tertiary/aromatic N) is 3. The van der Waals surface area contributed by atoms with Gasteiger partial charge >= 0.3 is 0 Å². The van der Waals surface area contributed by atoms with E-state index < -0.39 is 26.6 Å². The second-order valence-corrected chi connectivity index (χ2v) is 7.53. The molecule has 1 aromatic carbocycles. The molecule has 6 nitrogen and oxygen atoms in total. The third kappa shape index (κ3) is 4.29. The number of anilines is 1. The van der Waals surface area contributed by atoms with Crippen molar-refractivity contribution < 1.29 is 17.2 Å². The fourth-order valence-corrected chi connectivity index (χ4v) is 3.73. The van der Waals surface area contributed by atoms with Gasteiger partial charge in [0.05, 0.1) is 12.2 Å². The van der Waals surface area contributed by atoms with Gasteiger partial charge in [0.25, 0.3) is 0 Å². The first kappa shape index (κ1) is 17.7. The highest BCUT2D eigenvalue weighted by molar-refractivity contribution is 7.89. The van der Waals surface area contributed by atoms with Crippen molar-refractivity contribution in [3.8, 4) is 0 Å². The van der Waals surface area contributed by atoms with Crippen LogP contribution >= 0.6 is 0 Å². The molecule has 2 aromatic rings. The summed E-state index contributed by atoms with van der Waals surface area (Å²) < 4.78 is 53.3. The smallest absolute Gasteiger partial charge is 0.243 e. The number of rotatable bonds is 5. The van der Waals surface area contributed by atoms with Crippen LogP contribution in [0.15, 0.2) is 35.4 Å². The first-order valence-electron chi connectivity index (χ1n) is 7.97. The standard InChI is InChI=1S/C16H18F2N4O2S/c17-12-4-5-15(14(18)10-12)25(23,24)20-11-13-6-7-19-16(21-13)22-8-2-1-3-9-22/h4-7,10,20H,1-3,8-9,11H2. The van der Waals surface area contributed by atoms with E-state index in [1.807, 2.05) is 0 Å². The van der Waals surface area contributed by atoms with Gasteiger partial charge in [-0.3, -0.25) is 0 Å². The fraction of sp³-hybridized carbons (Fsp3) is 0.375. The number of sulfonamides is 1. The van der Waals surface area contributed by atoms with Crippen molar-refractivity contribution in [1.29, 1.82) is 0 Å². The van der Waals surface area contributed by atoms with Crippen molar-refractivity contribution >= 4 is 16.0 Å². The Kier molecular flexibility index (Phi) is 5.24. The van der Waals surface area contributed by atoms with Crippen LogP contribution in [0, 0.1) is 11.6 Å². The van der Waals surface area contributed by atoms with Crippen LogP contribution in [0.4, 0.5) is 14.7 Å². The van der Waals surface area contributed by atoms with E-state index in [2.05, 4.69) is 19.6 Å². The predicted octanol–water partition coefficient (Wildman–Crippen LogP) is 2.22. The van der Waals surface area contributed by atoms with E-state index in [4.69, 9.17) is 0 Å². The predicted molar refractivity (Wildman–Crippen MR) is 88.5 cm³/mol. The lowest BCUT2D eigenvalue weighted by Crippen LogP contribution is -2.31. The minimum Gasteiger partial charge on any atom is -0.341 e. The lowest BCUT2D eigenvalue weighted by molar-refractivity contribution is 0.542. The Morgan fingerprint density at radius 1 is 1.12 bits per heavy atom. The van der Waals surface area contributed by atoms with Gasteiger partial charge in [0, 0.05) is 25.4 Å². The lowest BCUT2D eigenvalue weighted by Gasteiger charge is -2.26. The lowest BCUT2D eigenvalue weighted by atomic mass is 10.1. The molecule has 25 heavy (non-hydrogen) atoms. The highest BCUT2D eigenvalue weighted by atomic mass is 32.2. The van der Waals surface area contributed by atoms with E-state index in [-0.39, 0.29) is 6.54 Å². The maximum absolute atomic E-state index is 13.7. The quantitative estimate of drug-likeness (QED) is 0.876. The highest BCUT2D eigenvalue weighted by Crippen LogP contribution is 2.17. The van der Waals surface area contributed by atoms with Crippen LogP contribution in [-0.2, 0) is 16.6 Å². The zero-order valence-electron chi connectivity index (χ0n) is 13.5. The molecule has 1 saturated heterocycles. The molecule has 1 aliphatic heterocycles. The third-order valence-electron chi connectivity index (χ3n) is 3.97. The molecule has 3 rings (SSSR count). The average molecular weight is 368 g/mol. The summed E-state index contributed by atoms with van der Waals surface area (Å²) in [5, 5.41) is 0. The Balaban J connectivity index is 1.72. The molecular formula is C16H18F2N4O2S. The van der Waals surface area contributed by atoms with E-state index in [1.165, 1.54) is 6.42 Å². The Morgan fingerprint density at radius 3 is 2.60 bits per heavy atom. The van der Waals surface area contributed by atoms with Gasteiger partial charge < -0.3 is 4.90 Å². The van der Waals surface area contributed by atoms with E-state index in [0.29, 0.717) is 17.7 Å². The number of halogens is 2. The number of aromatic nitrogens is 2. The average Bonchev–Trinajstić information content (AvgIpc) is 2.61. The normalized spacial score (nSPS) is 15.4. The molecule has 2 heterocycles. The first-order chi connectivity index (χ1) is 12.0. The summed E-state index contributed by atoms with van der Waals surface area (Å²) in [7, 11) is -4.11. The number of hydrogen-bond acceptors (Lipinski definition) is 5. The van der Waals surface area contributed by atoms with Gasteiger partial charge in [-0.25, -0.2) is 31.9 Å². The molecule has 0 aliphatic carbocycles. The van der Waals surface area contributed by atoms with E-state index in [1.54, 1.807) is 12.3 Å². The van der Waals surface area contributed by atoms with Crippen LogP contribution in [0.25, 0.3) is 0 Å². The Labute approximate surface area is 145 Å². The topological polar surface area (TPSA) is 75.2 Å². The molecule has 1 aliphatic rings. The van der Waals surface area contributed by atoms with E-state index >= 15 is 0 Å². The molecule has 0 atom stereocenters. The summed E-state index contributed by atoms with van der Waals surface area (Å²) in [6.07, 6.45) is 4.90. The summed E-state index contributed by atoms with van der Waals surface area (Å²) >= 11 is 0. The third-order valence-corrected chi connectivity index (χ3v) is 5.40. The first-order valence-corrected chi connectivity index (χ1v) is 9.45. The molecule has 134 valence electrons. The molecule has 0 amide bonds. The van der Waals surface area contributed by atoms with Crippen LogP contribution < -0.4 is 9.62 Å². The minimum absolute atomic E-state index is 0.109. The second-order valence-electron chi connectivity index (χ2n) is 5.79. The van der Waals surface area contributed by atoms with Gasteiger partial charge in [0.1, 0.15) is 16.5 Å². The van der Waals surface area contributed by atoms with E-state index in [0.717, 1.165) is 38.1 Å². The van der Waals surface area contributed by atoms with Crippen LogP contribution in [0.2, 0.25) is 0 Å². The van der Waals surface area contributed by atoms with Gasteiger partial charge in [-0.2, -0.15) is 0 Å². The molecule has 1 fully saturated rings. The van der Waals surface area contributed by atoms with Gasteiger partial charge in [-0.05, 0) is 37.5 Å². The van der Waals surface area contributed by atoms with Crippen LogP contribution in [0.5, 0.6) is 0 Å². The Bertz CT molecular complexity index is 855. The maximum Gasteiger partial charge on any atom is 0.243 e. The van der Waals surface area contributed by atoms with Gasteiger partial charge in [-0.15, -0.1) is 0 Å². The fourth-order valence-electron chi connectivity index (χ4n) is 2.67. The molecule has 0 radical (unpaired) electrons. The Hall–Kier alpha value is -2.13. The summed E-state index contributed by atoms with van der Waals surface area (Å²) in [5.41, 5.74) is 0.474. The SMILES string of the molecule is O=S(=O)(NCc1ccnc(N2CCCCC2)n1)c1ccc(F)cc1F. The largest absolute Gasteiger partial charge is 0.341 e. The zero-order valence-corrected chi connectivity index (χ0v) is 14.3. The van der Waals surface area contributed by atoms with Crippen molar-refractivity contribution in [3.05, 3.63) is 47.8 Å². The monoisotopic (exact) mass is 368 g/mol. The zero-order chi connectivity index (χ0) is 17.9. The van der Waals surface area contributed by atoms with Crippen LogP contribution in [0.1, 0.15) is 25.0 Å². The number of hydrogen-bond donors (Lipinski definition) is 1. The molecule has 0 spiro atoms. The maximum atomic E-state index is 13.7. The van der Waals surface area contributed by atoms with Gasteiger partial charge in [-0.1, -0.05) is 0 Å². The van der Waals surface area contributed by atoms with Crippen molar-refractivity contribution in [2.24, 2.45) is 0 Å². The van der Waals surface area contributed by atoms with Crippen molar-refractivity contribution in [3.63, 3.8) is 0 Å². The summed E-state index contributed by atoms with van der Waals surface area (Å²) in [4.78, 5) is 10.0. The molecule has 1 N–H and O–H groups in total. The minimum atomic E-state index is -4.11. The van der Waals surface area contributed by atoms with Crippen molar-refractivity contribution in [2.75, 3.05) is 18.0 Å². The summed E-state index contributed by atoms with van der Waals surface area (Å²) in [5.74, 6) is -1.41. The molecule has 0 unspecified atom stereocenters. The molecule has 9 heteroatoms. The summed E-state index contributed by atoms with van der Waals surface area (Å²) in [6.45, 7) is 1.63. The molecule has 0 saturated carbocycles. The van der Waals surface area contributed by atoms with Crippen molar-refractivity contribution in [1.82, 2.24) is 14.7 Å². The second kappa shape index (κ2) is 7.40. The number of benzene rings is 1.